The molecular formula is C41H26N2OS. The fourth-order valence-electron chi connectivity index (χ4n) is 6.91. The average molecular weight is 595 g/mol. The summed E-state index contributed by atoms with van der Waals surface area (Å²) in [5.74, 6) is 0.687. The zero-order valence-electron chi connectivity index (χ0n) is 24.2. The van der Waals surface area contributed by atoms with Gasteiger partial charge < -0.3 is 4.42 Å². The minimum absolute atomic E-state index is 0.523. The first-order chi connectivity index (χ1) is 22.3. The van der Waals surface area contributed by atoms with Crippen molar-refractivity contribution in [3.8, 4) is 22.6 Å². The van der Waals surface area contributed by atoms with Crippen LogP contribution in [0.4, 0.5) is 0 Å². The van der Waals surface area contributed by atoms with Gasteiger partial charge in [0, 0.05) is 26.3 Å². The van der Waals surface area contributed by atoms with Crippen molar-refractivity contribution < 1.29 is 4.42 Å². The first kappa shape index (κ1) is 26.0. The summed E-state index contributed by atoms with van der Waals surface area (Å²) in [4.78, 5) is 12.9. The maximum Gasteiger partial charge on any atom is 0.180 e. The van der Waals surface area contributed by atoms with Crippen molar-refractivity contribution in [1.82, 2.24) is 9.97 Å². The van der Waals surface area contributed by atoms with Crippen LogP contribution in [-0.4, -0.2) is 9.97 Å². The van der Waals surface area contributed by atoms with Gasteiger partial charge >= 0.3 is 0 Å². The first-order valence-electron chi connectivity index (χ1n) is 15.1. The quantitative estimate of drug-likeness (QED) is 0.203. The monoisotopic (exact) mass is 594 g/mol. The van der Waals surface area contributed by atoms with Crippen LogP contribution >= 0.6 is 11.8 Å². The average Bonchev–Trinajstić information content (AvgIpc) is 3.50. The van der Waals surface area contributed by atoms with Gasteiger partial charge in [-0.15, -0.1) is 0 Å². The first-order valence-corrected chi connectivity index (χ1v) is 15.9. The van der Waals surface area contributed by atoms with Gasteiger partial charge in [0.1, 0.15) is 16.8 Å². The van der Waals surface area contributed by atoms with Crippen LogP contribution < -0.4 is 0 Å². The van der Waals surface area contributed by atoms with Gasteiger partial charge in [-0.05, 0) is 40.5 Å². The number of hydrogen-bond donors (Lipinski definition) is 0. The van der Waals surface area contributed by atoms with Crippen molar-refractivity contribution in [2.45, 2.75) is 15.2 Å². The number of aromatic nitrogens is 2. The molecule has 3 heterocycles. The molecule has 0 spiro atoms. The maximum absolute atomic E-state index is 6.41. The molecule has 0 amide bonds. The van der Waals surface area contributed by atoms with E-state index in [1.165, 1.54) is 27.1 Å². The summed E-state index contributed by atoms with van der Waals surface area (Å²) in [6.45, 7) is 0. The normalized spacial score (nSPS) is 13.4. The summed E-state index contributed by atoms with van der Waals surface area (Å²) in [5.41, 5.74) is 9.57. The summed E-state index contributed by atoms with van der Waals surface area (Å²) in [7, 11) is 0. The van der Waals surface area contributed by atoms with E-state index in [0.717, 1.165) is 38.2 Å². The highest BCUT2D eigenvalue weighted by Gasteiger charge is 2.45. The van der Waals surface area contributed by atoms with E-state index in [2.05, 4.69) is 121 Å². The molecule has 0 unspecified atom stereocenters. The Labute approximate surface area is 265 Å². The van der Waals surface area contributed by atoms with Gasteiger partial charge in [-0.3, -0.25) is 0 Å². The minimum atomic E-state index is -0.523. The molecule has 45 heavy (non-hydrogen) atoms. The molecule has 1 aliphatic rings. The third-order valence-electron chi connectivity index (χ3n) is 8.84. The zero-order valence-corrected chi connectivity index (χ0v) is 25.0. The molecule has 0 saturated heterocycles. The Morgan fingerprint density at radius 3 is 1.91 bits per heavy atom. The molecule has 6 aromatic carbocycles. The highest BCUT2D eigenvalue weighted by molar-refractivity contribution is 7.99. The molecular weight excluding hydrogens is 569 g/mol. The Bertz CT molecular complexity index is 2310. The molecule has 0 atom stereocenters. The zero-order chi connectivity index (χ0) is 29.8. The molecule has 2 aromatic heterocycles. The van der Waals surface area contributed by atoms with Crippen molar-refractivity contribution >= 4 is 33.8 Å². The number of nitrogens with zero attached hydrogens (tertiary/aromatic N) is 2. The lowest BCUT2D eigenvalue weighted by molar-refractivity contribution is 0.667. The van der Waals surface area contributed by atoms with Gasteiger partial charge in [-0.1, -0.05) is 151 Å². The smallest absolute Gasteiger partial charge is 0.180 e. The Balaban J connectivity index is 1.39. The second-order valence-corrected chi connectivity index (χ2v) is 12.4. The number of rotatable bonds is 4. The molecule has 0 saturated carbocycles. The number of para-hydroxylation sites is 1. The Hall–Kier alpha value is -5.45. The molecule has 0 bridgehead atoms. The molecule has 3 nitrogen and oxygen atoms in total. The largest absolute Gasteiger partial charge is 0.452 e. The third-order valence-corrected chi connectivity index (χ3v) is 10.1. The fraction of sp³-hybridized carbons (Fsp3) is 0.0244. The van der Waals surface area contributed by atoms with E-state index < -0.39 is 5.41 Å². The molecule has 1 aliphatic heterocycles. The minimum Gasteiger partial charge on any atom is -0.452 e. The number of benzene rings is 6. The van der Waals surface area contributed by atoms with Crippen LogP contribution in [0.25, 0.3) is 44.7 Å². The Morgan fingerprint density at radius 2 is 1.16 bits per heavy atom. The maximum atomic E-state index is 6.41. The molecule has 0 radical (unpaired) electrons. The van der Waals surface area contributed by atoms with Gasteiger partial charge in [0.15, 0.2) is 11.4 Å². The summed E-state index contributed by atoms with van der Waals surface area (Å²) >= 11 is 1.80. The fourth-order valence-corrected chi connectivity index (χ4v) is 8.20. The van der Waals surface area contributed by atoms with Gasteiger partial charge in [-0.2, -0.15) is 0 Å². The van der Waals surface area contributed by atoms with Crippen molar-refractivity contribution in [3.63, 3.8) is 0 Å². The lowest BCUT2D eigenvalue weighted by Crippen LogP contribution is -2.34. The highest BCUT2D eigenvalue weighted by atomic mass is 32.2. The van der Waals surface area contributed by atoms with E-state index in [1.54, 1.807) is 11.8 Å². The SMILES string of the molecule is c1ccc(-c2nc(-c3cccc4c3Sc3ccccc3C4(c3ccccc3)c3ccccc3)nc3c2oc2ccccc23)cc1. The Morgan fingerprint density at radius 1 is 0.533 bits per heavy atom. The van der Waals surface area contributed by atoms with E-state index >= 15 is 0 Å². The molecule has 8 aromatic rings. The summed E-state index contributed by atoms with van der Waals surface area (Å²) in [5, 5.41) is 0.985. The Kier molecular flexibility index (Phi) is 5.97. The third kappa shape index (κ3) is 3.92. The summed E-state index contributed by atoms with van der Waals surface area (Å²) in [6, 6.07) is 55.5. The van der Waals surface area contributed by atoms with Crippen LogP contribution in [-0.2, 0) is 5.41 Å². The van der Waals surface area contributed by atoms with E-state index in [9.17, 15) is 0 Å². The molecule has 4 heteroatoms. The van der Waals surface area contributed by atoms with E-state index in [1.807, 2.05) is 36.4 Å². The molecule has 9 rings (SSSR count). The standard InChI is InChI=1S/C41H26N2OS/c1-4-15-27(16-5-1)36-38-37(30-21-10-12-25-34(30)44-38)43-40(42-36)31-22-14-24-33-39(31)45-35-26-13-11-23-32(35)41(33,28-17-6-2-7-18-28)29-19-8-3-9-20-29/h1-26H. The van der Waals surface area contributed by atoms with Crippen LogP contribution in [0.2, 0.25) is 0 Å². The number of furan rings is 1. The lowest BCUT2D eigenvalue weighted by atomic mass is 9.64. The van der Waals surface area contributed by atoms with Crippen molar-refractivity contribution in [2.24, 2.45) is 0 Å². The van der Waals surface area contributed by atoms with Crippen molar-refractivity contribution in [2.75, 3.05) is 0 Å². The summed E-state index contributed by atoms with van der Waals surface area (Å²) in [6.07, 6.45) is 0. The van der Waals surface area contributed by atoms with Crippen LogP contribution in [0.1, 0.15) is 22.3 Å². The van der Waals surface area contributed by atoms with E-state index in [4.69, 9.17) is 14.4 Å². The molecule has 0 aliphatic carbocycles. The number of hydrogen-bond acceptors (Lipinski definition) is 4. The lowest BCUT2D eigenvalue weighted by Gasteiger charge is -2.42. The van der Waals surface area contributed by atoms with Crippen LogP contribution in [0.5, 0.6) is 0 Å². The van der Waals surface area contributed by atoms with E-state index in [0.29, 0.717) is 11.4 Å². The van der Waals surface area contributed by atoms with Crippen LogP contribution in [0.15, 0.2) is 172 Å². The van der Waals surface area contributed by atoms with Crippen LogP contribution in [0.3, 0.4) is 0 Å². The summed E-state index contributed by atoms with van der Waals surface area (Å²) < 4.78 is 6.41. The second kappa shape index (κ2) is 10.3. The number of fused-ring (bicyclic) bond motifs is 5. The van der Waals surface area contributed by atoms with Gasteiger partial charge in [0.25, 0.3) is 0 Å². The van der Waals surface area contributed by atoms with Crippen molar-refractivity contribution in [1.29, 1.82) is 0 Å². The highest BCUT2D eigenvalue weighted by Crippen LogP contribution is 2.57. The molecule has 212 valence electrons. The topological polar surface area (TPSA) is 38.9 Å². The predicted molar refractivity (Wildman–Crippen MR) is 183 cm³/mol. The second-order valence-electron chi connectivity index (χ2n) is 11.3. The van der Waals surface area contributed by atoms with Crippen molar-refractivity contribution in [3.05, 3.63) is 180 Å². The van der Waals surface area contributed by atoms with Gasteiger partial charge in [0.05, 0.1) is 5.41 Å². The van der Waals surface area contributed by atoms with E-state index in [-0.39, 0.29) is 0 Å². The van der Waals surface area contributed by atoms with Crippen LogP contribution in [0, 0.1) is 0 Å². The molecule has 0 fully saturated rings. The molecule has 0 N–H and O–H groups in total. The van der Waals surface area contributed by atoms with Gasteiger partial charge in [0.2, 0.25) is 0 Å². The van der Waals surface area contributed by atoms with Gasteiger partial charge in [-0.25, -0.2) is 9.97 Å². The predicted octanol–water partition coefficient (Wildman–Crippen LogP) is 10.6.